The molecule has 12 heteroatoms. The van der Waals surface area contributed by atoms with E-state index in [9.17, 15) is 29.7 Å². The predicted molar refractivity (Wildman–Crippen MR) is 132 cm³/mol. The Hall–Kier alpha value is -3.22. The summed E-state index contributed by atoms with van der Waals surface area (Å²) in [5, 5.41) is 36.3. The van der Waals surface area contributed by atoms with Crippen LogP contribution in [-0.2, 0) is 32.1 Å². The molecule has 1 atom stereocenters. The molecule has 0 bridgehead atoms. The minimum absolute atomic E-state index is 0.0225. The number of nitrogens with zero attached hydrogens (tertiary/aromatic N) is 1. The maximum Gasteiger partial charge on any atom is 0.340 e. The van der Waals surface area contributed by atoms with E-state index in [2.05, 4.69) is 15.6 Å². The molecular weight excluding hydrogens is 476 g/mol. The van der Waals surface area contributed by atoms with Crippen molar-refractivity contribution in [3.63, 3.8) is 0 Å². The molecule has 1 heterocycles. The van der Waals surface area contributed by atoms with E-state index in [0.717, 1.165) is 41.8 Å². The third kappa shape index (κ3) is 6.08. The monoisotopic (exact) mass is 506 g/mol. The Morgan fingerprint density at radius 2 is 1.91 bits per heavy atom. The van der Waals surface area contributed by atoms with E-state index in [1.165, 1.54) is 11.3 Å². The number of thiocarbonyl (C=S) groups is 1. The molecule has 0 amide bonds. The highest BCUT2D eigenvalue weighted by Gasteiger charge is 2.47. The molecule has 11 nitrogen and oxygen atoms in total. The van der Waals surface area contributed by atoms with E-state index in [1.54, 1.807) is 6.92 Å². The van der Waals surface area contributed by atoms with E-state index in [-0.39, 0.29) is 11.7 Å². The van der Waals surface area contributed by atoms with E-state index < -0.39 is 36.4 Å². The average molecular weight is 507 g/mol. The fourth-order valence-corrected chi connectivity index (χ4v) is 4.77. The Morgan fingerprint density at radius 1 is 1.23 bits per heavy atom. The first-order valence-corrected chi connectivity index (χ1v) is 11.7. The van der Waals surface area contributed by atoms with Gasteiger partial charge in [0.1, 0.15) is 0 Å². The summed E-state index contributed by atoms with van der Waals surface area (Å²) in [6.07, 6.45) is 0.918. The number of aromatic amines is 1. The van der Waals surface area contributed by atoms with Gasteiger partial charge in [-0.3, -0.25) is 14.4 Å². The number of hydroxylamine groups is 2. The number of rotatable bonds is 11. The lowest BCUT2D eigenvalue weighted by Crippen LogP contribution is -2.52. The molecule has 0 radical (unpaired) electrons. The van der Waals surface area contributed by atoms with Gasteiger partial charge in [0.15, 0.2) is 5.11 Å². The van der Waals surface area contributed by atoms with Crippen LogP contribution in [-0.4, -0.2) is 74.1 Å². The summed E-state index contributed by atoms with van der Waals surface area (Å²) >= 11 is 5.40. The molecule has 0 saturated carbocycles. The molecule has 0 saturated heterocycles. The first-order chi connectivity index (χ1) is 16.6. The van der Waals surface area contributed by atoms with Gasteiger partial charge in [0.25, 0.3) is 0 Å². The van der Waals surface area contributed by atoms with Crippen molar-refractivity contribution in [3.05, 3.63) is 29.5 Å². The Kier molecular flexibility index (Phi) is 8.30. The molecule has 190 valence electrons. The van der Waals surface area contributed by atoms with Crippen LogP contribution in [0.25, 0.3) is 10.9 Å². The third-order valence-electron chi connectivity index (χ3n) is 6.10. The number of carboxylic acid groups (broad SMARTS) is 3. The molecular formula is C23H30N4O7S. The zero-order chi connectivity index (χ0) is 25.8. The molecule has 1 aliphatic carbocycles. The number of anilines is 1. The number of aryl methyl sites for hydroxylation is 1. The lowest BCUT2D eigenvalue weighted by molar-refractivity contribution is -0.225. The molecule has 1 aliphatic rings. The fourth-order valence-electron chi connectivity index (χ4n) is 4.48. The highest BCUT2D eigenvalue weighted by Crippen LogP contribution is 2.33. The van der Waals surface area contributed by atoms with E-state index in [1.807, 2.05) is 25.2 Å². The summed E-state index contributed by atoms with van der Waals surface area (Å²) in [7, 11) is 1.95. The Balaban J connectivity index is 1.83. The van der Waals surface area contributed by atoms with Crippen molar-refractivity contribution in [1.29, 1.82) is 0 Å². The van der Waals surface area contributed by atoms with Gasteiger partial charge >= 0.3 is 17.9 Å². The highest BCUT2D eigenvalue weighted by atomic mass is 32.1. The number of fused-ring (bicyclic) bond motifs is 3. The minimum Gasteiger partial charge on any atom is -0.481 e. The summed E-state index contributed by atoms with van der Waals surface area (Å²) in [6, 6.07) is 5.69. The lowest BCUT2D eigenvalue weighted by Gasteiger charge is -2.33. The van der Waals surface area contributed by atoms with E-state index in [4.69, 9.17) is 17.1 Å². The van der Waals surface area contributed by atoms with Crippen LogP contribution in [0.5, 0.6) is 0 Å². The van der Waals surface area contributed by atoms with Gasteiger partial charge in [-0.15, -0.1) is 0 Å². The summed E-state index contributed by atoms with van der Waals surface area (Å²) in [5.41, 5.74) is 1.61. The van der Waals surface area contributed by atoms with Crippen LogP contribution >= 0.6 is 12.2 Å². The Labute approximate surface area is 207 Å². The molecule has 6 N–H and O–H groups in total. The number of carboxylic acids is 3. The topological polar surface area (TPSA) is 164 Å². The maximum atomic E-state index is 11.9. The van der Waals surface area contributed by atoms with Crippen molar-refractivity contribution < 1.29 is 34.5 Å². The summed E-state index contributed by atoms with van der Waals surface area (Å²) in [4.78, 5) is 43.4. The second kappa shape index (κ2) is 11.0. The van der Waals surface area contributed by atoms with Crippen LogP contribution in [0.1, 0.15) is 37.4 Å². The highest BCUT2D eigenvalue weighted by molar-refractivity contribution is 7.80. The second-order valence-corrected chi connectivity index (χ2v) is 9.05. The zero-order valence-corrected chi connectivity index (χ0v) is 20.4. The number of aliphatic carboxylic acids is 3. The first-order valence-electron chi connectivity index (χ1n) is 11.3. The summed E-state index contributed by atoms with van der Waals surface area (Å²) < 4.78 is 0. The molecule has 1 aromatic carbocycles. The van der Waals surface area contributed by atoms with Crippen molar-refractivity contribution >= 4 is 51.8 Å². The largest absolute Gasteiger partial charge is 0.481 e. The number of benzene rings is 1. The molecule has 35 heavy (non-hydrogen) atoms. The van der Waals surface area contributed by atoms with Gasteiger partial charge in [-0.1, -0.05) is 0 Å². The Morgan fingerprint density at radius 3 is 2.49 bits per heavy atom. The fraction of sp³-hybridized carbons (Fsp3) is 0.478. The van der Waals surface area contributed by atoms with Crippen molar-refractivity contribution in [2.45, 2.75) is 44.6 Å². The van der Waals surface area contributed by atoms with Crippen LogP contribution in [0.3, 0.4) is 0 Å². The number of hydrogen-bond acceptors (Lipinski definition) is 6. The van der Waals surface area contributed by atoms with Crippen molar-refractivity contribution in [2.24, 2.45) is 5.92 Å². The first kappa shape index (κ1) is 26.4. The molecule has 2 aromatic rings. The van der Waals surface area contributed by atoms with Gasteiger partial charge in [-0.05, 0) is 81.7 Å². The number of nitrogens with one attached hydrogen (secondary N) is 3. The number of H-pyrrole nitrogens is 1. The standard InChI is InChI=1S/C23H30N4O7S/c1-3-27(34-23(21(32)33,10-19(28)29)11-20(30)31)22(35)25-14-5-7-18-16(9-14)15-8-13(12-24-2)4-6-17(15)26-18/h5,7,9,13,24,26H,3-4,6,8,10-12H2,1-2H3,(H,25,35)(H,28,29)(H,30,31)(H,32,33). The molecule has 0 fully saturated rings. The SMILES string of the molecule is CCN(OC(CC(=O)O)(CC(=O)O)C(=O)O)C(=S)Nc1ccc2[nH]c3c(c2c1)CC(CNC)CC3. The lowest BCUT2D eigenvalue weighted by atomic mass is 9.86. The van der Waals surface area contributed by atoms with Crippen LogP contribution in [0.15, 0.2) is 18.2 Å². The summed E-state index contributed by atoms with van der Waals surface area (Å²) in [6.45, 7) is 2.61. The molecule has 1 unspecified atom stereocenters. The molecule has 1 aromatic heterocycles. The molecule has 0 aliphatic heterocycles. The maximum absolute atomic E-state index is 11.9. The number of aromatic nitrogens is 1. The zero-order valence-electron chi connectivity index (χ0n) is 19.6. The normalized spacial score (nSPS) is 15.4. The van der Waals surface area contributed by atoms with Gasteiger partial charge in [-0.2, -0.15) is 0 Å². The van der Waals surface area contributed by atoms with Crippen LogP contribution in [0, 0.1) is 5.92 Å². The number of carbonyl (C=O) groups is 3. The van der Waals surface area contributed by atoms with Gasteiger partial charge < -0.3 is 30.9 Å². The number of hydrogen-bond donors (Lipinski definition) is 6. The van der Waals surface area contributed by atoms with E-state index >= 15 is 0 Å². The third-order valence-corrected chi connectivity index (χ3v) is 6.40. The molecule has 0 spiro atoms. The van der Waals surface area contributed by atoms with Gasteiger partial charge in [0, 0.05) is 28.8 Å². The van der Waals surface area contributed by atoms with Gasteiger partial charge in [-0.25, -0.2) is 9.86 Å². The molecule has 3 rings (SSSR count). The van der Waals surface area contributed by atoms with Crippen LogP contribution in [0.2, 0.25) is 0 Å². The van der Waals surface area contributed by atoms with Crippen molar-refractivity contribution in [3.8, 4) is 0 Å². The smallest absolute Gasteiger partial charge is 0.340 e. The second-order valence-electron chi connectivity index (χ2n) is 8.67. The average Bonchev–Trinajstić information content (AvgIpc) is 3.14. The van der Waals surface area contributed by atoms with Crippen LogP contribution in [0.4, 0.5) is 5.69 Å². The van der Waals surface area contributed by atoms with E-state index in [0.29, 0.717) is 11.6 Å². The Bertz CT molecular complexity index is 1120. The minimum atomic E-state index is -2.52. The predicted octanol–water partition coefficient (Wildman–Crippen LogP) is 2.22. The quantitative estimate of drug-likeness (QED) is 0.195. The van der Waals surface area contributed by atoms with Crippen molar-refractivity contribution in [1.82, 2.24) is 15.4 Å². The van der Waals surface area contributed by atoms with Gasteiger partial charge in [0.2, 0.25) is 5.60 Å². The van der Waals surface area contributed by atoms with Crippen molar-refractivity contribution in [2.75, 3.05) is 25.5 Å². The van der Waals surface area contributed by atoms with Gasteiger partial charge in [0.05, 0.1) is 12.8 Å². The van der Waals surface area contributed by atoms with Crippen LogP contribution < -0.4 is 10.6 Å². The summed E-state index contributed by atoms with van der Waals surface area (Å²) in [5.74, 6) is -4.19.